The van der Waals surface area contributed by atoms with Gasteiger partial charge in [0.1, 0.15) is 0 Å². The highest BCUT2D eigenvalue weighted by atomic mass is 35.5. The van der Waals surface area contributed by atoms with Crippen LogP contribution in [0.3, 0.4) is 0 Å². The maximum absolute atomic E-state index is 6.51. The standard InChI is InChI=1S/C25H23Cl2N3O/c26-15-1-3-21-17(11-15)19-13-20-18-12-16(27)2-4-22(18)30-24(20)25(23(19)29-21)31-10-7-14-5-8-28-9-6-14/h1-4,11-14,28-30H,5-10H2. The van der Waals surface area contributed by atoms with Crippen molar-refractivity contribution in [1.82, 2.24) is 15.3 Å². The summed E-state index contributed by atoms with van der Waals surface area (Å²) >= 11 is 12.6. The number of ether oxygens (including phenoxy) is 1. The van der Waals surface area contributed by atoms with Crippen molar-refractivity contribution in [3.05, 3.63) is 52.5 Å². The Morgan fingerprint density at radius 3 is 1.94 bits per heavy atom. The highest BCUT2D eigenvalue weighted by molar-refractivity contribution is 6.33. The third kappa shape index (κ3) is 3.34. The van der Waals surface area contributed by atoms with E-state index < -0.39 is 0 Å². The van der Waals surface area contributed by atoms with Crippen molar-refractivity contribution < 1.29 is 4.74 Å². The van der Waals surface area contributed by atoms with Crippen LogP contribution >= 0.6 is 23.2 Å². The van der Waals surface area contributed by atoms with Gasteiger partial charge in [0.05, 0.1) is 17.6 Å². The quantitative estimate of drug-likeness (QED) is 0.274. The van der Waals surface area contributed by atoms with Gasteiger partial charge in [0.25, 0.3) is 0 Å². The number of nitrogens with one attached hydrogen (secondary N) is 3. The van der Waals surface area contributed by atoms with E-state index in [1.54, 1.807) is 0 Å². The van der Waals surface area contributed by atoms with Gasteiger partial charge >= 0.3 is 0 Å². The first-order chi connectivity index (χ1) is 15.2. The van der Waals surface area contributed by atoms with Crippen LogP contribution in [0.15, 0.2) is 42.5 Å². The first kappa shape index (κ1) is 19.3. The van der Waals surface area contributed by atoms with Crippen LogP contribution in [0.2, 0.25) is 10.0 Å². The smallest absolute Gasteiger partial charge is 0.167 e. The molecule has 6 heteroatoms. The van der Waals surface area contributed by atoms with Gasteiger partial charge in [0, 0.05) is 42.6 Å². The summed E-state index contributed by atoms with van der Waals surface area (Å²) in [6, 6.07) is 14.1. The summed E-state index contributed by atoms with van der Waals surface area (Å²) in [5.74, 6) is 1.60. The molecule has 0 saturated carbocycles. The minimum absolute atomic E-state index is 0.700. The molecule has 5 aromatic rings. The van der Waals surface area contributed by atoms with E-state index >= 15 is 0 Å². The fraction of sp³-hybridized carbons (Fsp3) is 0.280. The summed E-state index contributed by atoms with van der Waals surface area (Å²) in [4.78, 5) is 7.14. The lowest BCUT2D eigenvalue weighted by Crippen LogP contribution is -2.28. The lowest BCUT2D eigenvalue weighted by atomic mass is 9.95. The largest absolute Gasteiger partial charge is 0.489 e. The van der Waals surface area contributed by atoms with Gasteiger partial charge in [0.2, 0.25) is 0 Å². The minimum atomic E-state index is 0.700. The second kappa shape index (κ2) is 7.63. The van der Waals surface area contributed by atoms with Crippen LogP contribution in [0.25, 0.3) is 43.6 Å². The number of piperidine rings is 1. The van der Waals surface area contributed by atoms with Crippen LogP contribution in [-0.2, 0) is 0 Å². The van der Waals surface area contributed by atoms with Gasteiger partial charge in [-0.1, -0.05) is 23.2 Å². The summed E-state index contributed by atoms with van der Waals surface area (Å²) < 4.78 is 6.51. The summed E-state index contributed by atoms with van der Waals surface area (Å²) in [6.45, 7) is 2.91. The minimum Gasteiger partial charge on any atom is -0.489 e. The molecule has 2 aromatic heterocycles. The van der Waals surface area contributed by atoms with E-state index in [2.05, 4.69) is 21.4 Å². The number of aromatic amines is 2. The SMILES string of the molecule is Clc1ccc2[nH]c3c(OCCC4CCNCC4)c4[nH]c5ccc(Cl)cc5c4cc3c2c1. The zero-order chi connectivity index (χ0) is 20.9. The number of hydrogen-bond donors (Lipinski definition) is 3. The van der Waals surface area contributed by atoms with Crippen molar-refractivity contribution in [1.29, 1.82) is 0 Å². The molecule has 0 atom stereocenters. The Hall–Kier alpha value is -2.40. The predicted molar refractivity (Wildman–Crippen MR) is 131 cm³/mol. The van der Waals surface area contributed by atoms with E-state index in [0.29, 0.717) is 6.61 Å². The van der Waals surface area contributed by atoms with Crippen molar-refractivity contribution in [2.24, 2.45) is 5.92 Å². The zero-order valence-electron chi connectivity index (χ0n) is 17.0. The molecule has 1 aliphatic heterocycles. The summed E-state index contributed by atoms with van der Waals surface area (Å²) in [6.07, 6.45) is 3.51. The molecule has 0 aliphatic carbocycles. The summed E-state index contributed by atoms with van der Waals surface area (Å²) in [5.41, 5.74) is 4.12. The molecule has 3 heterocycles. The average molecular weight is 452 g/mol. The van der Waals surface area contributed by atoms with Crippen molar-refractivity contribution >= 4 is 66.8 Å². The number of halogens is 2. The van der Waals surface area contributed by atoms with Gasteiger partial charge in [0.15, 0.2) is 5.75 Å². The van der Waals surface area contributed by atoms with E-state index in [0.717, 1.165) is 84.8 Å². The Morgan fingerprint density at radius 1 is 0.774 bits per heavy atom. The molecule has 1 fully saturated rings. The molecule has 1 aliphatic rings. The lowest BCUT2D eigenvalue weighted by molar-refractivity contribution is 0.255. The lowest BCUT2D eigenvalue weighted by Gasteiger charge is -2.22. The molecule has 3 N–H and O–H groups in total. The maximum atomic E-state index is 6.51. The Kier molecular flexibility index (Phi) is 4.75. The zero-order valence-corrected chi connectivity index (χ0v) is 18.5. The summed E-state index contributed by atoms with van der Waals surface area (Å²) in [5, 5.41) is 9.32. The second-order valence-corrected chi connectivity index (χ2v) is 9.38. The highest BCUT2D eigenvalue weighted by Gasteiger charge is 2.19. The molecule has 0 unspecified atom stereocenters. The van der Waals surface area contributed by atoms with Gasteiger partial charge in [-0.3, -0.25) is 0 Å². The summed E-state index contributed by atoms with van der Waals surface area (Å²) in [7, 11) is 0. The number of aromatic nitrogens is 2. The van der Waals surface area contributed by atoms with Crippen molar-refractivity contribution in [2.45, 2.75) is 19.3 Å². The molecular weight excluding hydrogens is 429 g/mol. The monoisotopic (exact) mass is 451 g/mol. The Morgan fingerprint density at radius 2 is 1.35 bits per heavy atom. The van der Waals surface area contributed by atoms with Crippen LogP contribution in [-0.4, -0.2) is 29.7 Å². The van der Waals surface area contributed by atoms with Crippen molar-refractivity contribution in [2.75, 3.05) is 19.7 Å². The van der Waals surface area contributed by atoms with Gasteiger partial charge in [-0.25, -0.2) is 0 Å². The van der Waals surface area contributed by atoms with E-state index in [1.165, 1.54) is 12.8 Å². The molecule has 4 nitrogen and oxygen atoms in total. The third-order valence-electron chi connectivity index (χ3n) is 6.58. The molecule has 1 saturated heterocycles. The van der Waals surface area contributed by atoms with Gasteiger partial charge < -0.3 is 20.0 Å². The van der Waals surface area contributed by atoms with Gasteiger partial charge in [-0.2, -0.15) is 0 Å². The molecule has 31 heavy (non-hydrogen) atoms. The van der Waals surface area contributed by atoms with Crippen molar-refractivity contribution in [3.63, 3.8) is 0 Å². The van der Waals surface area contributed by atoms with Crippen LogP contribution in [0.1, 0.15) is 19.3 Å². The van der Waals surface area contributed by atoms with E-state index in [9.17, 15) is 0 Å². The maximum Gasteiger partial charge on any atom is 0.167 e. The van der Waals surface area contributed by atoms with Gasteiger partial charge in [-0.05, 0) is 80.7 Å². The first-order valence-electron chi connectivity index (χ1n) is 10.9. The predicted octanol–water partition coefficient (Wildman–Crippen LogP) is 7.03. The number of H-pyrrole nitrogens is 2. The molecule has 6 rings (SSSR count). The van der Waals surface area contributed by atoms with E-state index in [4.69, 9.17) is 27.9 Å². The molecule has 0 bridgehead atoms. The van der Waals surface area contributed by atoms with Crippen LogP contribution < -0.4 is 10.1 Å². The Balaban J connectivity index is 1.53. The highest BCUT2D eigenvalue weighted by Crippen LogP contribution is 2.42. The molecule has 3 aromatic carbocycles. The number of rotatable bonds is 4. The van der Waals surface area contributed by atoms with E-state index in [-0.39, 0.29) is 0 Å². The van der Waals surface area contributed by atoms with Crippen LogP contribution in [0, 0.1) is 5.92 Å². The molecule has 158 valence electrons. The number of fused-ring (bicyclic) bond motifs is 6. The fourth-order valence-electron chi connectivity index (χ4n) is 4.94. The third-order valence-corrected chi connectivity index (χ3v) is 7.05. The normalized spacial score (nSPS) is 15.5. The number of benzene rings is 3. The average Bonchev–Trinajstić information content (AvgIpc) is 3.32. The van der Waals surface area contributed by atoms with Crippen LogP contribution in [0.4, 0.5) is 0 Å². The van der Waals surface area contributed by atoms with Crippen molar-refractivity contribution in [3.8, 4) is 5.75 Å². The number of hydrogen-bond acceptors (Lipinski definition) is 2. The fourth-order valence-corrected chi connectivity index (χ4v) is 5.28. The Bertz CT molecular complexity index is 1330. The molecule has 0 radical (unpaired) electrons. The molecule has 0 spiro atoms. The molecule has 0 amide bonds. The van der Waals surface area contributed by atoms with Gasteiger partial charge in [-0.15, -0.1) is 0 Å². The first-order valence-corrected chi connectivity index (χ1v) is 11.6. The van der Waals surface area contributed by atoms with Crippen LogP contribution in [0.5, 0.6) is 5.75 Å². The van der Waals surface area contributed by atoms with E-state index in [1.807, 2.05) is 36.4 Å². The second-order valence-electron chi connectivity index (χ2n) is 8.51. The Labute approximate surface area is 189 Å². The molecular formula is C25H23Cl2N3O. The topological polar surface area (TPSA) is 52.8 Å².